The minimum absolute atomic E-state index is 0.0236. The molecule has 0 unspecified atom stereocenters. The number of carboxylic acid groups (broad SMARTS) is 1. The zero-order chi connectivity index (χ0) is 30.6. The molecule has 0 aliphatic carbocycles. The summed E-state index contributed by atoms with van der Waals surface area (Å²) >= 11 is 1.43. The van der Waals surface area contributed by atoms with E-state index in [9.17, 15) is 18.3 Å². The van der Waals surface area contributed by atoms with Gasteiger partial charge in [-0.2, -0.15) is 16.5 Å². The molecule has 0 saturated carbocycles. The molecular formula is C33H53NO4S2. The summed E-state index contributed by atoms with van der Waals surface area (Å²) in [7, 11) is -4.05. The van der Waals surface area contributed by atoms with Crippen LogP contribution in [0.25, 0.3) is 0 Å². The lowest BCUT2D eigenvalue weighted by Crippen LogP contribution is -2.43. The van der Waals surface area contributed by atoms with Gasteiger partial charge >= 0.3 is 5.97 Å². The first-order valence-corrected chi connectivity index (χ1v) is 17.2. The molecule has 0 fully saturated rings. The van der Waals surface area contributed by atoms with Crippen LogP contribution in [0.15, 0.2) is 52.0 Å². The Hall–Kier alpha value is -1.83. The Bertz CT molecular complexity index is 1140. The highest BCUT2D eigenvalue weighted by Crippen LogP contribution is 2.35. The molecule has 0 aromatic heterocycles. The number of benzene rings is 1. The maximum Gasteiger partial charge on any atom is 0.322 e. The van der Waals surface area contributed by atoms with E-state index in [2.05, 4.69) is 64.5 Å². The second kappa shape index (κ2) is 17.2. The van der Waals surface area contributed by atoms with Gasteiger partial charge in [-0.3, -0.25) is 4.79 Å². The van der Waals surface area contributed by atoms with E-state index >= 15 is 0 Å². The van der Waals surface area contributed by atoms with E-state index in [-0.39, 0.29) is 28.4 Å². The SMILES string of the molecule is CC(C)=CCC/C(C)=C/CC/C(C)=C/CSC[C@H](NS(=O)(=O)c1c(C(C)C)cc(C(C)C)cc1C(C)C)C(=O)O. The fourth-order valence-electron chi connectivity index (χ4n) is 4.33. The third kappa shape index (κ3) is 12.4. The number of allylic oxidation sites excluding steroid dienone is 5. The molecule has 0 aliphatic heterocycles. The molecule has 0 heterocycles. The topological polar surface area (TPSA) is 83.5 Å². The van der Waals surface area contributed by atoms with Crippen LogP contribution in [0, 0.1) is 0 Å². The molecule has 0 bridgehead atoms. The number of aliphatic carboxylic acids is 1. The molecule has 1 aromatic carbocycles. The summed E-state index contributed by atoms with van der Waals surface area (Å²) in [6.45, 7) is 20.6. The molecule has 0 amide bonds. The van der Waals surface area contributed by atoms with Crippen molar-refractivity contribution in [3.05, 3.63) is 63.8 Å². The minimum Gasteiger partial charge on any atom is -0.480 e. The second-order valence-electron chi connectivity index (χ2n) is 12.0. The van der Waals surface area contributed by atoms with Crippen LogP contribution < -0.4 is 4.72 Å². The van der Waals surface area contributed by atoms with Crippen LogP contribution in [0.3, 0.4) is 0 Å². The summed E-state index contributed by atoms with van der Waals surface area (Å²) in [6.07, 6.45) is 10.8. The quantitative estimate of drug-likeness (QED) is 0.140. The van der Waals surface area contributed by atoms with E-state index in [4.69, 9.17) is 0 Å². The maximum atomic E-state index is 13.7. The third-order valence-electron chi connectivity index (χ3n) is 6.90. The predicted molar refractivity (Wildman–Crippen MR) is 173 cm³/mol. The summed E-state index contributed by atoms with van der Waals surface area (Å²) in [5, 5.41) is 9.86. The van der Waals surface area contributed by atoms with Crippen LogP contribution in [-0.4, -0.2) is 37.0 Å². The van der Waals surface area contributed by atoms with Crippen LogP contribution >= 0.6 is 11.8 Å². The van der Waals surface area contributed by atoms with Crippen molar-refractivity contribution in [3.63, 3.8) is 0 Å². The Kier molecular flexibility index (Phi) is 15.6. The smallest absolute Gasteiger partial charge is 0.322 e. The van der Waals surface area contributed by atoms with Gasteiger partial charge in [0.25, 0.3) is 0 Å². The largest absolute Gasteiger partial charge is 0.480 e. The number of nitrogens with one attached hydrogen (secondary N) is 1. The van der Waals surface area contributed by atoms with Crippen molar-refractivity contribution < 1.29 is 18.3 Å². The average molecular weight is 592 g/mol. The normalized spacial score (nSPS) is 13.8. The lowest BCUT2D eigenvalue weighted by atomic mass is 9.89. The molecule has 0 aliphatic rings. The average Bonchev–Trinajstić information content (AvgIpc) is 2.84. The fraction of sp³-hybridized carbons (Fsp3) is 0.606. The van der Waals surface area contributed by atoms with E-state index in [1.165, 1.54) is 28.5 Å². The summed E-state index contributed by atoms with van der Waals surface area (Å²) in [4.78, 5) is 12.3. The van der Waals surface area contributed by atoms with Crippen molar-refractivity contribution in [2.24, 2.45) is 0 Å². The van der Waals surface area contributed by atoms with Gasteiger partial charge in [0.05, 0.1) is 4.90 Å². The minimum atomic E-state index is -4.05. The lowest BCUT2D eigenvalue weighted by molar-refractivity contribution is -0.138. The number of hydrogen-bond acceptors (Lipinski definition) is 4. The van der Waals surface area contributed by atoms with Crippen molar-refractivity contribution in [2.75, 3.05) is 11.5 Å². The van der Waals surface area contributed by atoms with Crippen molar-refractivity contribution in [1.29, 1.82) is 0 Å². The van der Waals surface area contributed by atoms with Gasteiger partial charge in [-0.1, -0.05) is 88.6 Å². The van der Waals surface area contributed by atoms with Gasteiger partial charge in [0.1, 0.15) is 6.04 Å². The maximum absolute atomic E-state index is 13.7. The van der Waals surface area contributed by atoms with E-state index in [1.54, 1.807) is 0 Å². The first-order valence-electron chi connectivity index (χ1n) is 14.5. The molecule has 1 atom stereocenters. The van der Waals surface area contributed by atoms with E-state index < -0.39 is 22.0 Å². The Morgan fingerprint density at radius 1 is 0.850 bits per heavy atom. The predicted octanol–water partition coefficient (Wildman–Crippen LogP) is 8.94. The van der Waals surface area contributed by atoms with Crippen molar-refractivity contribution in [3.8, 4) is 0 Å². The lowest BCUT2D eigenvalue weighted by Gasteiger charge is -2.24. The number of carbonyl (C=O) groups is 1. The van der Waals surface area contributed by atoms with Crippen LogP contribution in [0.1, 0.15) is 129 Å². The monoisotopic (exact) mass is 591 g/mol. The molecule has 2 N–H and O–H groups in total. The van der Waals surface area contributed by atoms with E-state index in [1.807, 2.05) is 39.8 Å². The highest BCUT2D eigenvalue weighted by Gasteiger charge is 2.31. The molecule has 0 radical (unpaired) electrons. The van der Waals surface area contributed by atoms with Gasteiger partial charge in [-0.15, -0.1) is 0 Å². The zero-order valence-electron chi connectivity index (χ0n) is 26.4. The second-order valence-corrected chi connectivity index (χ2v) is 14.7. The molecule has 0 spiro atoms. The molecule has 5 nitrogen and oxygen atoms in total. The summed E-state index contributed by atoms with van der Waals surface area (Å²) in [5.41, 5.74) is 6.56. The number of rotatable bonds is 17. The zero-order valence-corrected chi connectivity index (χ0v) is 28.1. The van der Waals surface area contributed by atoms with E-state index in [0.29, 0.717) is 5.75 Å². The standard InChI is InChI=1S/C33H53NO4S2/c1-22(2)13-11-14-26(9)15-12-16-27(10)17-18-39-21-31(33(35)36)34-40(37,38)32-29(24(5)6)19-28(23(3)4)20-30(32)25(7)8/h13,15,17,19-20,23-25,31,34H,11-12,14,16,18,21H2,1-10H3,(H,35,36)/b26-15+,27-17+/t31-/m0/s1. The number of hydrogen-bond donors (Lipinski definition) is 2. The molecule has 1 rings (SSSR count). The molecule has 1 aromatic rings. The van der Waals surface area contributed by atoms with Gasteiger partial charge in [0, 0.05) is 11.5 Å². The summed E-state index contributed by atoms with van der Waals surface area (Å²) in [6, 6.07) is 2.72. The Balaban J connectivity index is 2.93. The van der Waals surface area contributed by atoms with Gasteiger partial charge in [0.2, 0.25) is 10.0 Å². The Morgan fingerprint density at radius 3 is 1.80 bits per heavy atom. The van der Waals surface area contributed by atoms with Gasteiger partial charge in [-0.05, 0) is 87.8 Å². The first-order chi connectivity index (χ1) is 18.6. The molecule has 40 heavy (non-hydrogen) atoms. The van der Waals surface area contributed by atoms with Gasteiger partial charge in [0.15, 0.2) is 0 Å². The van der Waals surface area contributed by atoms with Gasteiger partial charge < -0.3 is 5.11 Å². The highest BCUT2D eigenvalue weighted by molar-refractivity contribution is 7.99. The Morgan fingerprint density at radius 2 is 1.35 bits per heavy atom. The van der Waals surface area contributed by atoms with Crippen molar-refractivity contribution in [2.45, 2.75) is 124 Å². The van der Waals surface area contributed by atoms with Crippen LogP contribution in [0.5, 0.6) is 0 Å². The molecule has 226 valence electrons. The fourth-order valence-corrected chi connectivity index (χ4v) is 7.32. The van der Waals surface area contributed by atoms with Gasteiger partial charge in [-0.25, -0.2) is 8.42 Å². The third-order valence-corrected chi connectivity index (χ3v) is 9.48. The van der Waals surface area contributed by atoms with Crippen LogP contribution in [0.2, 0.25) is 0 Å². The summed E-state index contributed by atoms with van der Waals surface area (Å²) < 4.78 is 29.9. The highest BCUT2D eigenvalue weighted by atomic mass is 32.2. The summed E-state index contributed by atoms with van der Waals surface area (Å²) in [5.74, 6) is -0.166. The Labute approximate surface area is 249 Å². The molecule has 0 saturated heterocycles. The molecular weight excluding hydrogens is 539 g/mol. The number of carboxylic acids is 1. The van der Waals surface area contributed by atoms with Crippen molar-refractivity contribution >= 4 is 27.8 Å². The van der Waals surface area contributed by atoms with E-state index in [0.717, 1.165) is 42.4 Å². The van der Waals surface area contributed by atoms with Crippen LogP contribution in [0.4, 0.5) is 0 Å². The van der Waals surface area contributed by atoms with Crippen molar-refractivity contribution in [1.82, 2.24) is 4.72 Å². The molecule has 7 heteroatoms. The first kappa shape index (κ1) is 36.2. The van der Waals surface area contributed by atoms with Crippen LogP contribution in [-0.2, 0) is 14.8 Å². The number of thioether (sulfide) groups is 1. The number of sulfonamides is 1.